The highest BCUT2D eigenvalue weighted by Gasteiger charge is 2.30. The van der Waals surface area contributed by atoms with Gasteiger partial charge in [0.2, 0.25) is 0 Å². The van der Waals surface area contributed by atoms with Crippen LogP contribution in [-0.2, 0) is 6.54 Å². The average Bonchev–Trinajstić information content (AvgIpc) is 2.48. The van der Waals surface area contributed by atoms with Crippen molar-refractivity contribution in [2.24, 2.45) is 10.2 Å². The highest BCUT2D eigenvalue weighted by molar-refractivity contribution is 5.40. The number of nitrogens with zero attached hydrogens (tertiary/aromatic N) is 3. The van der Waals surface area contributed by atoms with Crippen LogP contribution in [0.5, 0.6) is 5.75 Å². The van der Waals surface area contributed by atoms with Gasteiger partial charge >= 0.3 is 6.36 Å². The summed E-state index contributed by atoms with van der Waals surface area (Å²) in [6.45, 7) is 0.193. The summed E-state index contributed by atoms with van der Waals surface area (Å²) in [6, 6.07) is 10.7. The minimum atomic E-state index is -4.74. The molecular formula is C14H10F3N3O3. The summed E-state index contributed by atoms with van der Waals surface area (Å²) in [5, 5.41) is 18.2. The van der Waals surface area contributed by atoms with Crippen LogP contribution in [0.2, 0.25) is 0 Å². The van der Waals surface area contributed by atoms with Crippen LogP contribution in [0.15, 0.2) is 58.8 Å². The van der Waals surface area contributed by atoms with Gasteiger partial charge in [-0.05, 0) is 29.8 Å². The molecular weight excluding hydrogens is 315 g/mol. The maximum Gasteiger partial charge on any atom is 0.573 e. The molecule has 9 heteroatoms. The predicted molar refractivity (Wildman–Crippen MR) is 74.4 cm³/mol. The van der Waals surface area contributed by atoms with Crippen LogP contribution in [-0.4, -0.2) is 11.3 Å². The van der Waals surface area contributed by atoms with E-state index >= 15 is 0 Å². The normalized spacial score (nSPS) is 11.6. The fourth-order valence-corrected chi connectivity index (χ4v) is 1.64. The number of azo groups is 1. The first-order chi connectivity index (χ1) is 10.8. The quantitative estimate of drug-likeness (QED) is 0.451. The maximum atomic E-state index is 12.0. The topological polar surface area (TPSA) is 77.1 Å². The number of nitro benzene ring substituents is 1. The number of halogens is 3. The molecule has 0 saturated carbocycles. The SMILES string of the molecule is O=[N+]([O-])c1ccc(CN=Nc2ccc(OC(F)(F)F)cc2)cc1. The molecule has 0 radical (unpaired) electrons. The minimum absolute atomic E-state index is 0.0223. The number of benzene rings is 2. The molecule has 120 valence electrons. The lowest BCUT2D eigenvalue weighted by atomic mass is 10.2. The molecule has 0 N–H and O–H groups in total. The Bertz CT molecular complexity index is 698. The van der Waals surface area contributed by atoms with E-state index in [2.05, 4.69) is 15.0 Å². The predicted octanol–water partition coefficient (Wildman–Crippen LogP) is 4.78. The number of hydrogen-bond acceptors (Lipinski definition) is 5. The molecule has 0 amide bonds. The second kappa shape index (κ2) is 6.86. The van der Waals surface area contributed by atoms with E-state index in [0.29, 0.717) is 5.69 Å². The van der Waals surface area contributed by atoms with Crippen LogP contribution < -0.4 is 4.74 Å². The third-order valence-electron chi connectivity index (χ3n) is 2.66. The largest absolute Gasteiger partial charge is 0.573 e. The Labute approximate surface area is 128 Å². The van der Waals surface area contributed by atoms with Crippen molar-refractivity contribution in [2.75, 3.05) is 0 Å². The smallest absolute Gasteiger partial charge is 0.406 e. The van der Waals surface area contributed by atoms with Gasteiger partial charge in [0.05, 0.1) is 17.2 Å². The van der Waals surface area contributed by atoms with E-state index in [0.717, 1.165) is 17.7 Å². The van der Waals surface area contributed by atoms with Crippen molar-refractivity contribution in [1.82, 2.24) is 0 Å². The zero-order valence-electron chi connectivity index (χ0n) is 11.5. The first-order valence-electron chi connectivity index (χ1n) is 6.30. The number of non-ortho nitro benzene ring substituents is 1. The van der Waals surface area contributed by atoms with E-state index < -0.39 is 11.3 Å². The molecule has 2 aromatic rings. The Morgan fingerprint density at radius 2 is 1.65 bits per heavy atom. The van der Waals surface area contributed by atoms with Crippen molar-refractivity contribution in [3.63, 3.8) is 0 Å². The van der Waals surface area contributed by atoms with Gasteiger partial charge in [-0.15, -0.1) is 13.2 Å². The fourth-order valence-electron chi connectivity index (χ4n) is 1.64. The van der Waals surface area contributed by atoms with Crippen molar-refractivity contribution >= 4 is 11.4 Å². The van der Waals surface area contributed by atoms with Crippen LogP contribution in [0.3, 0.4) is 0 Å². The summed E-state index contributed by atoms with van der Waals surface area (Å²) in [7, 11) is 0. The van der Waals surface area contributed by atoms with Crippen LogP contribution >= 0.6 is 0 Å². The molecule has 0 aliphatic rings. The van der Waals surface area contributed by atoms with Gasteiger partial charge in [-0.2, -0.15) is 10.2 Å². The van der Waals surface area contributed by atoms with Gasteiger partial charge in [0.15, 0.2) is 0 Å². The molecule has 0 bridgehead atoms. The van der Waals surface area contributed by atoms with Gasteiger partial charge < -0.3 is 4.74 Å². The molecule has 0 unspecified atom stereocenters. The maximum absolute atomic E-state index is 12.0. The van der Waals surface area contributed by atoms with Gasteiger partial charge in [-0.3, -0.25) is 10.1 Å². The van der Waals surface area contributed by atoms with Crippen LogP contribution in [0.25, 0.3) is 0 Å². The van der Waals surface area contributed by atoms with E-state index in [1.54, 1.807) is 12.1 Å². The number of rotatable bonds is 5. The monoisotopic (exact) mass is 325 g/mol. The van der Waals surface area contributed by atoms with Crippen LogP contribution in [0.4, 0.5) is 24.5 Å². The summed E-state index contributed by atoms with van der Waals surface area (Å²) < 4.78 is 39.7. The van der Waals surface area contributed by atoms with E-state index in [9.17, 15) is 23.3 Å². The van der Waals surface area contributed by atoms with Crippen molar-refractivity contribution in [3.05, 3.63) is 64.2 Å². The third-order valence-corrected chi connectivity index (χ3v) is 2.66. The lowest BCUT2D eigenvalue weighted by molar-refractivity contribution is -0.384. The Kier molecular flexibility index (Phi) is 4.89. The molecule has 0 aromatic heterocycles. The molecule has 0 spiro atoms. The zero-order valence-corrected chi connectivity index (χ0v) is 11.5. The summed E-state index contributed by atoms with van der Waals surface area (Å²) in [4.78, 5) is 10.0. The molecule has 23 heavy (non-hydrogen) atoms. The van der Waals surface area contributed by atoms with Crippen LogP contribution in [0.1, 0.15) is 5.56 Å². The van der Waals surface area contributed by atoms with Gasteiger partial charge in [0.25, 0.3) is 5.69 Å². The zero-order chi connectivity index (χ0) is 16.9. The van der Waals surface area contributed by atoms with E-state index in [4.69, 9.17) is 0 Å². The minimum Gasteiger partial charge on any atom is -0.406 e. The van der Waals surface area contributed by atoms with Crippen molar-refractivity contribution in [2.45, 2.75) is 12.9 Å². The lowest BCUT2D eigenvalue weighted by Crippen LogP contribution is -2.16. The Morgan fingerprint density at radius 3 is 2.17 bits per heavy atom. The summed E-state index contributed by atoms with van der Waals surface area (Å²) in [6.07, 6.45) is -4.74. The molecule has 0 fully saturated rings. The molecule has 2 aromatic carbocycles. The van der Waals surface area contributed by atoms with E-state index in [1.165, 1.54) is 24.3 Å². The second-order valence-electron chi connectivity index (χ2n) is 4.36. The number of alkyl halides is 3. The Balaban J connectivity index is 1.94. The molecule has 0 atom stereocenters. The first-order valence-corrected chi connectivity index (χ1v) is 6.30. The molecule has 0 saturated heterocycles. The molecule has 0 heterocycles. The van der Waals surface area contributed by atoms with Crippen molar-refractivity contribution < 1.29 is 22.8 Å². The number of nitro groups is 1. The van der Waals surface area contributed by atoms with E-state index in [1.807, 2.05) is 0 Å². The Hall–Kier alpha value is -2.97. The number of ether oxygens (including phenoxy) is 1. The molecule has 0 aliphatic heterocycles. The summed E-state index contributed by atoms with van der Waals surface area (Å²) in [5.74, 6) is -0.341. The lowest BCUT2D eigenvalue weighted by Gasteiger charge is -2.08. The highest BCUT2D eigenvalue weighted by atomic mass is 19.4. The molecule has 2 rings (SSSR count). The van der Waals surface area contributed by atoms with Crippen molar-refractivity contribution in [3.8, 4) is 5.75 Å². The summed E-state index contributed by atoms with van der Waals surface area (Å²) >= 11 is 0. The van der Waals surface area contributed by atoms with Gasteiger partial charge in [0.1, 0.15) is 5.75 Å². The standard InChI is InChI=1S/C14H10F3N3O3/c15-14(16,17)23-13-7-3-11(4-8-13)19-18-9-10-1-5-12(6-2-10)20(21)22/h1-8H,9H2. The highest BCUT2D eigenvalue weighted by Crippen LogP contribution is 2.25. The molecule has 0 aliphatic carbocycles. The van der Waals surface area contributed by atoms with Gasteiger partial charge in [0, 0.05) is 12.1 Å². The first kappa shape index (κ1) is 16.4. The molecule has 6 nitrogen and oxygen atoms in total. The fraction of sp³-hybridized carbons (Fsp3) is 0.143. The number of hydrogen-bond donors (Lipinski definition) is 0. The van der Waals surface area contributed by atoms with E-state index in [-0.39, 0.29) is 18.0 Å². The van der Waals surface area contributed by atoms with Gasteiger partial charge in [-0.25, -0.2) is 0 Å². The Morgan fingerprint density at radius 1 is 1.04 bits per heavy atom. The van der Waals surface area contributed by atoms with Gasteiger partial charge in [-0.1, -0.05) is 12.1 Å². The average molecular weight is 325 g/mol. The third kappa shape index (κ3) is 5.38. The second-order valence-corrected chi connectivity index (χ2v) is 4.36. The summed E-state index contributed by atoms with van der Waals surface area (Å²) in [5.41, 5.74) is 1.06. The van der Waals surface area contributed by atoms with Crippen molar-refractivity contribution in [1.29, 1.82) is 0 Å². The van der Waals surface area contributed by atoms with Crippen LogP contribution in [0, 0.1) is 10.1 Å².